The molecule has 94 valence electrons. The van der Waals surface area contributed by atoms with E-state index in [1.807, 2.05) is 0 Å². The molecule has 0 amide bonds. The smallest absolute Gasteiger partial charge is 0.307 e. The van der Waals surface area contributed by atoms with Gasteiger partial charge in [-0.15, -0.1) is 0 Å². The Morgan fingerprint density at radius 2 is 1.33 bits per heavy atom. The van der Waals surface area contributed by atoms with E-state index < -0.39 is 39.9 Å². The lowest BCUT2D eigenvalue weighted by atomic mass is 10.5. The van der Waals surface area contributed by atoms with Gasteiger partial charge in [-0.1, -0.05) is 0 Å². The molecule has 0 saturated carbocycles. The zero-order valence-electron chi connectivity index (χ0n) is 7.10. The fourth-order valence-electron chi connectivity index (χ4n) is 0.722. The van der Waals surface area contributed by atoms with E-state index in [1.54, 1.807) is 0 Å². The minimum Gasteiger partial charge on any atom is -0.307 e. The first-order valence-electron chi connectivity index (χ1n) is 3.45. The molecule has 0 aliphatic heterocycles. The van der Waals surface area contributed by atoms with Crippen LogP contribution in [0, 0.1) is 0 Å². The maximum atomic E-state index is 11.6. The minimum absolute atomic E-state index is 1.87. The molecule has 0 radical (unpaired) electrons. The first-order chi connectivity index (χ1) is 6.18. The van der Waals surface area contributed by atoms with E-state index in [0.29, 0.717) is 0 Å². The van der Waals surface area contributed by atoms with Gasteiger partial charge in [0.2, 0.25) is 0 Å². The summed E-state index contributed by atoms with van der Waals surface area (Å²) in [7, 11) is -6.26. The third kappa shape index (κ3) is 8.63. The zero-order valence-corrected chi connectivity index (χ0v) is 7.92. The molecule has 0 atom stereocenters. The highest BCUT2D eigenvalue weighted by Gasteiger charge is 2.46. The molecule has 0 aliphatic rings. The third-order valence-corrected chi connectivity index (χ3v) is 3.18. The summed E-state index contributed by atoms with van der Waals surface area (Å²) in [6, 6.07) is 0. The predicted octanol–water partition coefficient (Wildman–Crippen LogP) is 2.27. The molecular formula is C5H8F6O3S. The van der Waals surface area contributed by atoms with E-state index in [4.69, 9.17) is 9.11 Å². The summed E-state index contributed by atoms with van der Waals surface area (Å²) in [5, 5.41) is 0. The first kappa shape index (κ1) is 14.6. The second kappa shape index (κ2) is 3.59. The summed E-state index contributed by atoms with van der Waals surface area (Å²) in [6.45, 7) is 0. The van der Waals surface area contributed by atoms with Gasteiger partial charge in [-0.2, -0.15) is 26.3 Å². The molecule has 2 N–H and O–H groups in total. The molecule has 0 fully saturated rings. The summed E-state index contributed by atoms with van der Waals surface area (Å²) in [4.78, 5) is 0. The Balaban J connectivity index is 4.58. The van der Waals surface area contributed by atoms with E-state index >= 15 is 0 Å². The Labute approximate surface area is 80.5 Å². The second-order valence-corrected chi connectivity index (χ2v) is 6.09. The van der Waals surface area contributed by atoms with Crippen LogP contribution < -0.4 is 0 Å². The number of rotatable bonds is 3. The lowest BCUT2D eigenvalue weighted by molar-refractivity contribution is -0.131. The van der Waals surface area contributed by atoms with E-state index in [9.17, 15) is 30.6 Å². The zero-order chi connectivity index (χ0) is 12.6. The van der Waals surface area contributed by atoms with Crippen molar-refractivity contribution < 1.29 is 39.7 Å². The van der Waals surface area contributed by atoms with Crippen molar-refractivity contribution in [2.45, 2.75) is 18.8 Å². The van der Waals surface area contributed by atoms with Gasteiger partial charge in [0.05, 0.1) is 21.8 Å². The van der Waals surface area contributed by atoms with Crippen LogP contribution in [0.15, 0.2) is 0 Å². The van der Waals surface area contributed by atoms with Crippen LogP contribution in [0.3, 0.4) is 0 Å². The Morgan fingerprint density at radius 1 is 0.933 bits per heavy atom. The molecule has 0 aromatic carbocycles. The number of alkyl halides is 6. The van der Waals surface area contributed by atoms with Gasteiger partial charge in [0, 0.05) is 0 Å². The second-order valence-electron chi connectivity index (χ2n) is 3.02. The molecule has 0 aromatic rings. The summed E-state index contributed by atoms with van der Waals surface area (Å²) >= 11 is 0. The molecule has 0 aliphatic carbocycles. The molecule has 0 unspecified atom stereocenters. The Bertz CT molecular complexity index is 286. The summed E-state index contributed by atoms with van der Waals surface area (Å²) in [5.74, 6) is -4.43. The van der Waals surface area contributed by atoms with Crippen LogP contribution in [0.4, 0.5) is 26.3 Å². The molecule has 0 rings (SSSR count). The van der Waals surface area contributed by atoms with E-state index in [2.05, 4.69) is 0 Å². The third-order valence-electron chi connectivity index (χ3n) is 1.25. The first-order valence-corrected chi connectivity index (χ1v) is 5.67. The van der Waals surface area contributed by atoms with Crippen LogP contribution >= 0.6 is 0 Å². The molecule has 0 spiro atoms. The SMILES string of the molecule is O=S(O)(O)(CCC(F)(F)F)CC(F)(F)F. The van der Waals surface area contributed by atoms with E-state index in [0.717, 1.165) is 0 Å². The van der Waals surface area contributed by atoms with Crippen molar-refractivity contribution in [2.24, 2.45) is 0 Å². The number of hydrogen-bond acceptors (Lipinski definition) is 1. The van der Waals surface area contributed by atoms with Gasteiger partial charge >= 0.3 is 12.4 Å². The van der Waals surface area contributed by atoms with Crippen LogP contribution in [0.25, 0.3) is 0 Å². The lowest BCUT2D eigenvalue weighted by Gasteiger charge is -2.31. The Morgan fingerprint density at radius 3 is 1.60 bits per heavy atom. The molecule has 15 heavy (non-hydrogen) atoms. The van der Waals surface area contributed by atoms with Gasteiger partial charge in [-0.05, 0) is 0 Å². The average molecular weight is 262 g/mol. The van der Waals surface area contributed by atoms with Crippen molar-refractivity contribution in [3.63, 3.8) is 0 Å². The van der Waals surface area contributed by atoms with E-state index in [1.165, 1.54) is 0 Å². The highest BCUT2D eigenvalue weighted by Crippen LogP contribution is 2.31. The van der Waals surface area contributed by atoms with Gasteiger partial charge in [-0.3, -0.25) is 0 Å². The van der Waals surface area contributed by atoms with Crippen molar-refractivity contribution in [1.82, 2.24) is 0 Å². The van der Waals surface area contributed by atoms with Crippen LogP contribution in [0.1, 0.15) is 6.42 Å². The number of hydrogen-bond donors (Lipinski definition) is 2. The standard InChI is InChI=1S/C5H8F6O3S/c6-4(7,8)1-2-15(12,13,14)3-5(9,10)11/h1-3H2,(H2,12,13,14). The molecule has 3 nitrogen and oxygen atoms in total. The molecule has 0 saturated heterocycles. The maximum absolute atomic E-state index is 11.6. The Kier molecular flexibility index (Phi) is 3.51. The fraction of sp³-hybridized carbons (Fsp3) is 1.00. The monoisotopic (exact) mass is 262 g/mol. The molecular weight excluding hydrogens is 254 g/mol. The highest BCUT2D eigenvalue weighted by atomic mass is 32.3. The van der Waals surface area contributed by atoms with Crippen LogP contribution in [-0.4, -0.2) is 37.2 Å². The van der Waals surface area contributed by atoms with Gasteiger partial charge in [0.25, 0.3) is 0 Å². The van der Waals surface area contributed by atoms with Crippen LogP contribution in [0.5, 0.6) is 0 Å². The van der Waals surface area contributed by atoms with Crippen molar-refractivity contribution in [1.29, 1.82) is 0 Å². The van der Waals surface area contributed by atoms with Crippen molar-refractivity contribution in [3.05, 3.63) is 0 Å². The number of halogens is 6. The average Bonchev–Trinajstić information content (AvgIpc) is 1.74. The predicted molar refractivity (Wildman–Crippen MR) is 39.9 cm³/mol. The van der Waals surface area contributed by atoms with Crippen molar-refractivity contribution >= 4 is 9.63 Å². The lowest BCUT2D eigenvalue weighted by Crippen LogP contribution is -2.45. The highest BCUT2D eigenvalue weighted by molar-refractivity contribution is 8.10. The summed E-state index contributed by atoms with van der Waals surface area (Å²) < 4.78 is 97.5. The van der Waals surface area contributed by atoms with Crippen molar-refractivity contribution in [2.75, 3.05) is 11.5 Å². The largest absolute Gasteiger partial charge is 0.402 e. The molecule has 0 aromatic heterocycles. The van der Waals surface area contributed by atoms with Gasteiger partial charge in [0.1, 0.15) is 5.75 Å². The Hall–Kier alpha value is -0.350. The topological polar surface area (TPSA) is 57.5 Å². The fourth-order valence-corrected chi connectivity index (χ4v) is 2.17. The summed E-state index contributed by atoms with van der Waals surface area (Å²) in [5.41, 5.74) is 0. The van der Waals surface area contributed by atoms with Gasteiger partial charge in [-0.25, -0.2) is 4.21 Å². The molecule has 10 heteroatoms. The summed E-state index contributed by atoms with van der Waals surface area (Å²) in [6.07, 6.45) is -12.1. The minimum atomic E-state index is -6.26. The van der Waals surface area contributed by atoms with E-state index in [-0.39, 0.29) is 0 Å². The van der Waals surface area contributed by atoms with Crippen LogP contribution in [-0.2, 0) is 9.63 Å². The quantitative estimate of drug-likeness (QED) is 0.767. The normalized spacial score (nSPS) is 17.2. The van der Waals surface area contributed by atoms with Gasteiger partial charge < -0.3 is 9.11 Å². The molecule has 0 heterocycles. The van der Waals surface area contributed by atoms with Crippen molar-refractivity contribution in [3.8, 4) is 0 Å². The van der Waals surface area contributed by atoms with Crippen LogP contribution in [0.2, 0.25) is 0 Å². The van der Waals surface area contributed by atoms with Gasteiger partial charge in [0.15, 0.2) is 0 Å². The molecule has 0 bridgehead atoms. The maximum Gasteiger partial charge on any atom is 0.402 e.